The van der Waals surface area contributed by atoms with E-state index in [4.69, 9.17) is 4.74 Å². The smallest absolute Gasteiger partial charge is 0.435 e. The Morgan fingerprint density at radius 2 is 1.33 bits per heavy atom. The maximum absolute atomic E-state index is 11.0. The maximum Gasteiger partial charge on any atom is 2.00 e. The van der Waals surface area contributed by atoms with Gasteiger partial charge >= 0.3 is 25.8 Å². The molecule has 3 rings (SSSR count). The van der Waals surface area contributed by atoms with Gasteiger partial charge in [-0.3, -0.25) is 4.79 Å². The van der Waals surface area contributed by atoms with Gasteiger partial charge in [0.2, 0.25) is 0 Å². The number of esters is 1. The van der Waals surface area contributed by atoms with Crippen LogP contribution in [0.2, 0.25) is 0 Å². The standard InChI is InChI=1S/C17H15O3.C9H21P.C5H5.Os/c1-14(18)20-13-12-17(19,15-8-4-2-5-9-15)16-10-6-3-7-11-16;1-7(2)10(8(3)4)9(5)6;1-2-4-5-3-1;/h2-10,12-13,19H,1H3;7-9H,1-6H3;1-5H;/q-1;;;+2/b13-12-;;;. The third-order valence-corrected chi connectivity index (χ3v) is 8.80. The Morgan fingerprint density at radius 1 is 0.861 bits per heavy atom. The van der Waals surface area contributed by atoms with Crippen LogP contribution in [0.1, 0.15) is 59.6 Å². The fraction of sp³-hybridized carbons (Fsp3) is 0.355. The van der Waals surface area contributed by atoms with E-state index in [-0.39, 0.29) is 27.7 Å². The van der Waals surface area contributed by atoms with E-state index in [0.29, 0.717) is 11.1 Å². The van der Waals surface area contributed by atoms with E-state index in [1.165, 1.54) is 19.3 Å². The van der Waals surface area contributed by atoms with Crippen LogP contribution >= 0.6 is 7.92 Å². The van der Waals surface area contributed by atoms with Gasteiger partial charge in [-0.1, -0.05) is 79.8 Å². The van der Waals surface area contributed by atoms with Crippen molar-refractivity contribution in [1.29, 1.82) is 0 Å². The van der Waals surface area contributed by atoms with E-state index in [2.05, 4.69) is 47.6 Å². The zero-order valence-corrected chi connectivity index (χ0v) is 26.0. The topological polar surface area (TPSA) is 46.5 Å². The number of ether oxygens (including phenoxy) is 1. The molecule has 0 aromatic heterocycles. The fourth-order valence-corrected chi connectivity index (χ4v) is 7.58. The number of carbonyl (C=O) groups is 1. The van der Waals surface area contributed by atoms with E-state index in [1.807, 2.05) is 62.4 Å². The first-order valence-corrected chi connectivity index (χ1v) is 13.7. The minimum absolute atomic E-state index is 0. The molecule has 1 atom stereocenters. The Kier molecular flexibility index (Phi) is 18.2. The minimum atomic E-state index is -1.39. The maximum atomic E-state index is 11.0. The Balaban J connectivity index is 0.000000637. The second-order valence-corrected chi connectivity index (χ2v) is 13.0. The summed E-state index contributed by atoms with van der Waals surface area (Å²) in [6, 6.07) is 19.3. The molecule has 0 spiro atoms. The van der Waals surface area contributed by atoms with Crippen LogP contribution < -0.4 is 0 Å². The van der Waals surface area contributed by atoms with Crippen LogP contribution in [0.15, 0.2) is 66.9 Å². The van der Waals surface area contributed by atoms with Crippen molar-refractivity contribution < 1.29 is 34.4 Å². The van der Waals surface area contributed by atoms with E-state index in [0.717, 1.165) is 17.0 Å². The van der Waals surface area contributed by atoms with Gasteiger partial charge < -0.3 is 9.84 Å². The number of aliphatic hydroxyl groups is 1. The number of rotatable bonds is 7. The normalized spacial score (nSPS) is 14.6. The van der Waals surface area contributed by atoms with E-state index >= 15 is 0 Å². The second kappa shape index (κ2) is 18.8. The summed E-state index contributed by atoms with van der Waals surface area (Å²) in [4.78, 5) is 10.8. The van der Waals surface area contributed by atoms with Crippen molar-refractivity contribution in [2.75, 3.05) is 0 Å². The Bertz CT molecular complexity index is 781. The average molecular weight is 683 g/mol. The molecule has 1 fully saturated rings. The predicted molar refractivity (Wildman–Crippen MR) is 149 cm³/mol. The van der Waals surface area contributed by atoms with Crippen molar-refractivity contribution >= 4 is 13.9 Å². The van der Waals surface area contributed by atoms with Gasteiger partial charge in [-0.05, 0) is 60.7 Å². The van der Waals surface area contributed by atoms with Crippen LogP contribution in [0.3, 0.4) is 0 Å². The summed E-state index contributed by atoms with van der Waals surface area (Å²) in [5.74, 6) is -0.436. The van der Waals surface area contributed by atoms with Crippen LogP contribution in [-0.2, 0) is 34.9 Å². The van der Waals surface area contributed by atoms with Gasteiger partial charge in [0.25, 0.3) is 0 Å². The molecule has 36 heavy (non-hydrogen) atoms. The predicted octanol–water partition coefficient (Wildman–Crippen LogP) is 7.51. The summed E-state index contributed by atoms with van der Waals surface area (Å²) in [6.45, 7) is 15.4. The van der Waals surface area contributed by atoms with Gasteiger partial charge in [-0.2, -0.15) is 30.3 Å². The number of benzene rings is 2. The molecule has 1 unspecified atom stereocenters. The van der Waals surface area contributed by atoms with Crippen molar-refractivity contribution in [3.05, 3.63) is 116 Å². The molecule has 195 valence electrons. The molecule has 1 saturated carbocycles. The molecule has 1 N–H and O–H groups in total. The quantitative estimate of drug-likeness (QED) is 0.142. The summed E-state index contributed by atoms with van der Waals surface area (Å²) in [7, 11) is 0.262. The van der Waals surface area contributed by atoms with E-state index in [1.54, 1.807) is 24.3 Å². The summed E-state index contributed by atoms with van der Waals surface area (Å²) >= 11 is 0. The van der Waals surface area contributed by atoms with Crippen molar-refractivity contribution in [1.82, 2.24) is 0 Å². The molecular formula is C31H41O3OsP+. The molecular weight excluding hydrogens is 642 g/mol. The summed E-state index contributed by atoms with van der Waals surface area (Å²) in [5.41, 5.74) is 2.55. The van der Waals surface area contributed by atoms with Crippen molar-refractivity contribution in [2.45, 2.75) is 71.0 Å². The third-order valence-electron chi connectivity index (χ3n) is 5.22. The van der Waals surface area contributed by atoms with Crippen LogP contribution in [0.5, 0.6) is 0 Å². The third kappa shape index (κ3) is 12.8. The van der Waals surface area contributed by atoms with E-state index in [9.17, 15) is 9.90 Å². The fourth-order valence-electron chi connectivity index (χ4n) is 4.00. The Labute approximate surface area is 234 Å². The SMILES string of the molecule is CC(=O)O/C=C\C(O)(c1[c-]cccc1)c1ccccc1.CC(C)P(C(C)C)C(C)C.[CH]1[CH][CH][CH][CH]1.[Os+2]. The van der Waals surface area contributed by atoms with Crippen molar-refractivity contribution in [3.8, 4) is 0 Å². The monoisotopic (exact) mass is 684 g/mol. The summed E-state index contributed by atoms with van der Waals surface area (Å²) in [6.07, 6.45) is 12.6. The molecule has 0 heterocycles. The second-order valence-electron chi connectivity index (χ2n) is 9.01. The van der Waals surface area contributed by atoms with Crippen LogP contribution in [0.4, 0.5) is 0 Å². The molecule has 3 nitrogen and oxygen atoms in total. The molecule has 2 aromatic carbocycles. The molecule has 1 aliphatic carbocycles. The van der Waals surface area contributed by atoms with Gasteiger partial charge in [0.15, 0.2) is 0 Å². The molecule has 0 aliphatic heterocycles. The number of hydrogen-bond acceptors (Lipinski definition) is 3. The minimum Gasteiger partial charge on any atom is -0.435 e. The van der Waals surface area contributed by atoms with Gasteiger partial charge in [0.05, 0.1) is 6.26 Å². The zero-order chi connectivity index (χ0) is 26.3. The van der Waals surface area contributed by atoms with E-state index < -0.39 is 11.6 Å². The van der Waals surface area contributed by atoms with Gasteiger partial charge in [0, 0.05) is 6.92 Å². The van der Waals surface area contributed by atoms with Crippen molar-refractivity contribution in [3.63, 3.8) is 0 Å². The van der Waals surface area contributed by atoms with Gasteiger partial charge in [0.1, 0.15) is 5.60 Å². The zero-order valence-electron chi connectivity index (χ0n) is 22.5. The van der Waals surface area contributed by atoms with Gasteiger partial charge in [-0.15, -0.1) is 5.56 Å². The number of hydrogen-bond donors (Lipinski definition) is 1. The first-order valence-electron chi connectivity index (χ1n) is 12.1. The molecule has 5 heteroatoms. The van der Waals surface area contributed by atoms with Gasteiger partial charge in [-0.25, -0.2) is 0 Å². The van der Waals surface area contributed by atoms with Crippen LogP contribution in [0, 0.1) is 38.2 Å². The number of carbonyl (C=O) groups excluding carboxylic acids is 1. The largest absolute Gasteiger partial charge is 2.00 e. The van der Waals surface area contributed by atoms with Crippen molar-refractivity contribution in [2.24, 2.45) is 0 Å². The molecule has 5 radical (unpaired) electrons. The van der Waals surface area contributed by atoms with Crippen LogP contribution in [0.25, 0.3) is 0 Å². The summed E-state index contributed by atoms with van der Waals surface area (Å²) < 4.78 is 4.79. The van der Waals surface area contributed by atoms with Crippen LogP contribution in [-0.4, -0.2) is 28.1 Å². The molecule has 0 amide bonds. The molecule has 2 aromatic rings. The molecule has 0 bridgehead atoms. The Hall–Kier alpha value is -1.32. The molecule has 1 aliphatic rings. The molecule has 0 saturated heterocycles. The Morgan fingerprint density at radius 3 is 1.69 bits per heavy atom. The summed E-state index contributed by atoms with van der Waals surface area (Å²) in [5, 5.41) is 11.0. The first kappa shape index (κ1) is 34.7. The first-order chi connectivity index (χ1) is 16.6. The average Bonchev–Trinajstić information content (AvgIpc) is 3.40.